The van der Waals surface area contributed by atoms with Crippen LogP contribution in [-0.4, -0.2) is 14.5 Å². The summed E-state index contributed by atoms with van der Waals surface area (Å²) in [6.07, 6.45) is 1.56. The average Bonchev–Trinajstić information content (AvgIpc) is 3.03. The SMILES string of the molecule is O=c1c2oc3ccccc3c2ncn1Cc1ccc2ccccc2n1. The van der Waals surface area contributed by atoms with Crippen molar-refractivity contribution in [2.24, 2.45) is 0 Å². The van der Waals surface area contributed by atoms with Crippen LogP contribution in [0.2, 0.25) is 0 Å². The van der Waals surface area contributed by atoms with Crippen LogP contribution in [0.25, 0.3) is 33.0 Å². The van der Waals surface area contributed by atoms with Crippen LogP contribution >= 0.6 is 0 Å². The van der Waals surface area contributed by atoms with Crippen molar-refractivity contribution in [1.82, 2.24) is 14.5 Å². The molecule has 0 aliphatic carbocycles. The Morgan fingerprint density at radius 1 is 0.960 bits per heavy atom. The summed E-state index contributed by atoms with van der Waals surface area (Å²) in [5.41, 5.74) is 3.07. The molecule has 0 aliphatic heterocycles. The fourth-order valence-electron chi connectivity index (χ4n) is 3.10. The first-order chi connectivity index (χ1) is 12.3. The number of aromatic nitrogens is 3. The number of nitrogens with zero attached hydrogens (tertiary/aromatic N) is 3. The number of furan rings is 1. The molecule has 0 bridgehead atoms. The number of hydrogen-bond acceptors (Lipinski definition) is 4. The summed E-state index contributed by atoms with van der Waals surface area (Å²) < 4.78 is 7.25. The van der Waals surface area contributed by atoms with Crippen molar-refractivity contribution in [3.8, 4) is 0 Å². The second-order valence-corrected chi connectivity index (χ2v) is 5.95. The van der Waals surface area contributed by atoms with Gasteiger partial charge in [0, 0.05) is 10.8 Å². The van der Waals surface area contributed by atoms with E-state index in [9.17, 15) is 4.79 Å². The maximum atomic E-state index is 12.8. The van der Waals surface area contributed by atoms with Crippen molar-refractivity contribution < 1.29 is 4.42 Å². The minimum Gasteiger partial charge on any atom is -0.448 e. The van der Waals surface area contributed by atoms with Gasteiger partial charge < -0.3 is 4.42 Å². The van der Waals surface area contributed by atoms with E-state index in [1.165, 1.54) is 4.57 Å². The fraction of sp³-hybridized carbons (Fsp3) is 0.0500. The minimum atomic E-state index is -0.198. The van der Waals surface area contributed by atoms with Crippen molar-refractivity contribution in [3.05, 3.63) is 83.0 Å². The Kier molecular flexibility index (Phi) is 2.94. The van der Waals surface area contributed by atoms with Crippen LogP contribution in [0.5, 0.6) is 0 Å². The van der Waals surface area contributed by atoms with Crippen molar-refractivity contribution in [3.63, 3.8) is 0 Å². The number of para-hydroxylation sites is 2. The zero-order valence-electron chi connectivity index (χ0n) is 13.2. The van der Waals surface area contributed by atoms with Gasteiger partial charge in [-0.2, -0.15) is 0 Å². The second-order valence-electron chi connectivity index (χ2n) is 5.95. The summed E-state index contributed by atoms with van der Waals surface area (Å²) in [4.78, 5) is 21.8. The molecule has 3 aromatic heterocycles. The normalized spacial score (nSPS) is 11.5. The molecule has 120 valence electrons. The predicted molar refractivity (Wildman–Crippen MR) is 96.6 cm³/mol. The quantitative estimate of drug-likeness (QED) is 0.495. The summed E-state index contributed by atoms with van der Waals surface area (Å²) in [6, 6.07) is 19.4. The third-order valence-electron chi connectivity index (χ3n) is 4.34. The van der Waals surface area contributed by atoms with Crippen LogP contribution < -0.4 is 5.56 Å². The molecule has 0 aliphatic rings. The molecule has 2 aromatic carbocycles. The van der Waals surface area contributed by atoms with E-state index < -0.39 is 0 Å². The van der Waals surface area contributed by atoms with Gasteiger partial charge in [0.15, 0.2) is 0 Å². The van der Waals surface area contributed by atoms with E-state index in [1.807, 2.05) is 60.7 Å². The summed E-state index contributed by atoms with van der Waals surface area (Å²) in [6.45, 7) is 0.351. The van der Waals surface area contributed by atoms with E-state index in [0.29, 0.717) is 17.6 Å². The molecule has 25 heavy (non-hydrogen) atoms. The molecular formula is C20H13N3O2. The number of hydrogen-bond donors (Lipinski definition) is 0. The van der Waals surface area contributed by atoms with Gasteiger partial charge in [-0.1, -0.05) is 36.4 Å². The number of fused-ring (bicyclic) bond motifs is 4. The first-order valence-electron chi connectivity index (χ1n) is 8.01. The van der Waals surface area contributed by atoms with Crippen molar-refractivity contribution in [2.45, 2.75) is 6.54 Å². The van der Waals surface area contributed by atoms with E-state index in [1.54, 1.807) is 6.33 Å². The lowest BCUT2D eigenvalue weighted by Gasteiger charge is -2.05. The highest BCUT2D eigenvalue weighted by atomic mass is 16.3. The maximum Gasteiger partial charge on any atom is 0.297 e. The highest BCUT2D eigenvalue weighted by Gasteiger charge is 2.13. The molecule has 0 fully saturated rings. The highest BCUT2D eigenvalue weighted by Crippen LogP contribution is 2.24. The molecule has 0 radical (unpaired) electrons. The Bertz CT molecular complexity index is 1300. The largest absolute Gasteiger partial charge is 0.448 e. The zero-order chi connectivity index (χ0) is 16.8. The van der Waals surface area contributed by atoms with E-state index >= 15 is 0 Å². The molecular weight excluding hydrogens is 314 g/mol. The van der Waals surface area contributed by atoms with E-state index in [4.69, 9.17) is 4.42 Å². The molecule has 0 unspecified atom stereocenters. The van der Waals surface area contributed by atoms with Crippen LogP contribution in [0, 0.1) is 0 Å². The number of benzene rings is 2. The van der Waals surface area contributed by atoms with Gasteiger partial charge in [0.25, 0.3) is 5.56 Å². The molecule has 5 nitrogen and oxygen atoms in total. The maximum absolute atomic E-state index is 12.8. The monoisotopic (exact) mass is 327 g/mol. The Hall–Kier alpha value is -3.47. The van der Waals surface area contributed by atoms with Gasteiger partial charge >= 0.3 is 0 Å². The van der Waals surface area contributed by atoms with Gasteiger partial charge in [0.05, 0.1) is 24.1 Å². The van der Waals surface area contributed by atoms with Gasteiger partial charge in [-0.15, -0.1) is 0 Å². The summed E-state index contributed by atoms with van der Waals surface area (Å²) in [7, 11) is 0. The Labute approximate surface area is 142 Å². The van der Waals surface area contributed by atoms with Gasteiger partial charge in [0.1, 0.15) is 11.1 Å². The topological polar surface area (TPSA) is 60.9 Å². The van der Waals surface area contributed by atoms with Crippen LogP contribution in [0.1, 0.15) is 5.69 Å². The van der Waals surface area contributed by atoms with Crippen LogP contribution in [0.15, 0.2) is 76.2 Å². The van der Waals surface area contributed by atoms with Gasteiger partial charge in [0.2, 0.25) is 5.58 Å². The van der Waals surface area contributed by atoms with Gasteiger partial charge in [-0.05, 0) is 24.3 Å². The standard InChI is InChI=1S/C20H13N3O2/c24-20-19-18(15-6-2-4-8-17(15)25-19)21-12-23(20)11-14-10-9-13-5-1-3-7-16(13)22-14/h1-10,12H,11H2. The van der Waals surface area contributed by atoms with Crippen LogP contribution in [-0.2, 0) is 6.54 Å². The van der Waals surface area contributed by atoms with Crippen LogP contribution in [0.3, 0.4) is 0 Å². The molecule has 0 spiro atoms. The lowest BCUT2D eigenvalue weighted by molar-refractivity contribution is 0.640. The van der Waals surface area contributed by atoms with Crippen molar-refractivity contribution in [1.29, 1.82) is 0 Å². The van der Waals surface area contributed by atoms with Gasteiger partial charge in [-0.25, -0.2) is 4.98 Å². The van der Waals surface area contributed by atoms with Gasteiger partial charge in [-0.3, -0.25) is 14.3 Å². The number of pyridine rings is 1. The van der Waals surface area contributed by atoms with E-state index in [0.717, 1.165) is 22.0 Å². The molecule has 0 saturated carbocycles. The summed E-state index contributed by atoms with van der Waals surface area (Å²) in [5.74, 6) is 0. The second kappa shape index (κ2) is 5.27. The molecule has 0 saturated heterocycles. The molecule has 5 rings (SSSR count). The predicted octanol–water partition coefficient (Wildman–Crippen LogP) is 3.74. The minimum absolute atomic E-state index is 0.198. The molecule has 5 heteroatoms. The summed E-state index contributed by atoms with van der Waals surface area (Å²) >= 11 is 0. The Morgan fingerprint density at radius 2 is 1.80 bits per heavy atom. The first kappa shape index (κ1) is 13.9. The van der Waals surface area contributed by atoms with Crippen LogP contribution in [0.4, 0.5) is 0 Å². The van der Waals surface area contributed by atoms with Crippen molar-refractivity contribution in [2.75, 3.05) is 0 Å². The summed E-state index contributed by atoms with van der Waals surface area (Å²) in [5, 5.41) is 1.93. The zero-order valence-corrected chi connectivity index (χ0v) is 13.2. The fourth-order valence-corrected chi connectivity index (χ4v) is 3.10. The first-order valence-corrected chi connectivity index (χ1v) is 8.01. The molecule has 5 aromatic rings. The average molecular weight is 327 g/mol. The molecule has 3 heterocycles. The lowest BCUT2D eigenvalue weighted by atomic mass is 10.2. The Morgan fingerprint density at radius 3 is 2.76 bits per heavy atom. The molecule has 0 N–H and O–H groups in total. The highest BCUT2D eigenvalue weighted by molar-refractivity contribution is 6.01. The number of rotatable bonds is 2. The van der Waals surface area contributed by atoms with E-state index in [-0.39, 0.29) is 11.1 Å². The third-order valence-corrected chi connectivity index (χ3v) is 4.34. The smallest absolute Gasteiger partial charge is 0.297 e. The molecule has 0 atom stereocenters. The Balaban J connectivity index is 1.63. The lowest BCUT2D eigenvalue weighted by Crippen LogP contribution is -2.21. The van der Waals surface area contributed by atoms with Crippen molar-refractivity contribution >= 4 is 33.0 Å². The third kappa shape index (κ3) is 2.21. The van der Waals surface area contributed by atoms with E-state index in [2.05, 4.69) is 9.97 Å². The molecule has 0 amide bonds.